The summed E-state index contributed by atoms with van der Waals surface area (Å²) >= 11 is 0. The van der Waals surface area contributed by atoms with Gasteiger partial charge in [0.05, 0.1) is 30.9 Å². The second kappa shape index (κ2) is 8.05. The number of hydrogen-bond donors (Lipinski definition) is 0. The fraction of sp³-hybridized carbons (Fsp3) is 0.500. The molecule has 1 atom stereocenters. The van der Waals surface area contributed by atoms with Crippen LogP contribution in [0.5, 0.6) is 11.8 Å². The molecule has 1 fully saturated rings. The highest BCUT2D eigenvalue weighted by molar-refractivity contribution is 7.89. The van der Waals surface area contributed by atoms with Crippen LogP contribution in [-0.4, -0.2) is 49.0 Å². The Morgan fingerprint density at radius 3 is 2.36 bits per heavy atom. The Hall–Kier alpha value is -2.19. The summed E-state index contributed by atoms with van der Waals surface area (Å²) in [6.45, 7) is 8.41. The van der Waals surface area contributed by atoms with E-state index in [-0.39, 0.29) is 12.6 Å². The summed E-state index contributed by atoms with van der Waals surface area (Å²) in [7, 11) is -2.10. The number of methoxy groups -OCH3 is 1. The van der Waals surface area contributed by atoms with Crippen LogP contribution >= 0.6 is 0 Å². The molecule has 0 saturated carbocycles. The molecule has 1 aromatic carbocycles. The van der Waals surface area contributed by atoms with Crippen molar-refractivity contribution in [1.29, 1.82) is 0 Å². The summed E-state index contributed by atoms with van der Waals surface area (Å²) in [6, 6.07) is 2.03. The highest BCUT2D eigenvalue weighted by Crippen LogP contribution is 2.30. The van der Waals surface area contributed by atoms with E-state index >= 15 is 0 Å². The van der Waals surface area contributed by atoms with E-state index in [9.17, 15) is 8.42 Å². The lowest BCUT2D eigenvalue weighted by Crippen LogP contribution is -2.44. The Morgan fingerprint density at radius 2 is 1.71 bits per heavy atom. The van der Waals surface area contributed by atoms with Gasteiger partial charge in [0.25, 0.3) is 0 Å². The molecule has 2 aromatic rings. The quantitative estimate of drug-likeness (QED) is 0.761. The van der Waals surface area contributed by atoms with Gasteiger partial charge in [0, 0.05) is 6.54 Å². The second-order valence-electron chi connectivity index (χ2n) is 7.23. The molecule has 1 aromatic heterocycles. The highest BCUT2D eigenvalue weighted by atomic mass is 32.2. The lowest BCUT2D eigenvalue weighted by atomic mass is 10.0. The van der Waals surface area contributed by atoms with E-state index in [4.69, 9.17) is 9.47 Å². The normalized spacial score (nSPS) is 18.1. The topological polar surface area (TPSA) is 81.6 Å². The first-order valence-electron chi connectivity index (χ1n) is 9.34. The Bertz CT molecular complexity index is 949. The van der Waals surface area contributed by atoms with Crippen LogP contribution in [0.3, 0.4) is 0 Å². The Balaban J connectivity index is 1.86. The minimum absolute atomic E-state index is 0.281. The number of aryl methyl sites for hydroxylation is 2. The Morgan fingerprint density at radius 1 is 1.07 bits per heavy atom. The van der Waals surface area contributed by atoms with E-state index in [1.807, 2.05) is 33.8 Å². The molecular formula is C20H27N3O4S. The van der Waals surface area contributed by atoms with Gasteiger partial charge in [0.1, 0.15) is 6.10 Å². The monoisotopic (exact) mass is 405 g/mol. The summed E-state index contributed by atoms with van der Waals surface area (Å²) in [4.78, 5) is 8.66. The zero-order valence-electron chi connectivity index (χ0n) is 17.0. The van der Waals surface area contributed by atoms with Gasteiger partial charge in [-0.3, -0.25) is 4.98 Å². The molecule has 8 heteroatoms. The number of piperidine rings is 1. The van der Waals surface area contributed by atoms with Gasteiger partial charge in [-0.2, -0.15) is 9.29 Å². The molecule has 0 spiro atoms. The maximum Gasteiger partial charge on any atom is 0.243 e. The molecular weight excluding hydrogens is 378 g/mol. The fourth-order valence-electron chi connectivity index (χ4n) is 3.57. The van der Waals surface area contributed by atoms with Crippen molar-refractivity contribution in [2.45, 2.75) is 51.5 Å². The smallest absolute Gasteiger partial charge is 0.243 e. The van der Waals surface area contributed by atoms with Crippen molar-refractivity contribution in [3.05, 3.63) is 40.7 Å². The number of rotatable bonds is 5. The van der Waals surface area contributed by atoms with E-state index < -0.39 is 10.0 Å². The van der Waals surface area contributed by atoms with E-state index in [1.165, 1.54) is 23.8 Å². The van der Waals surface area contributed by atoms with E-state index in [0.29, 0.717) is 23.2 Å². The van der Waals surface area contributed by atoms with Crippen molar-refractivity contribution in [2.75, 3.05) is 20.2 Å². The van der Waals surface area contributed by atoms with Gasteiger partial charge in [0.15, 0.2) is 0 Å². The summed E-state index contributed by atoms with van der Waals surface area (Å²) in [6.07, 6.45) is 4.21. The predicted octanol–water partition coefficient (Wildman–Crippen LogP) is 2.95. The van der Waals surface area contributed by atoms with Gasteiger partial charge < -0.3 is 9.47 Å². The molecule has 2 heterocycles. The number of benzene rings is 1. The van der Waals surface area contributed by atoms with Crippen molar-refractivity contribution in [1.82, 2.24) is 14.3 Å². The molecule has 28 heavy (non-hydrogen) atoms. The lowest BCUT2D eigenvalue weighted by Gasteiger charge is -2.32. The zero-order chi connectivity index (χ0) is 20.5. The lowest BCUT2D eigenvalue weighted by molar-refractivity contribution is 0.123. The van der Waals surface area contributed by atoms with Crippen molar-refractivity contribution in [2.24, 2.45) is 0 Å². The van der Waals surface area contributed by atoms with Gasteiger partial charge in [0.2, 0.25) is 21.8 Å². The number of ether oxygens (including phenoxy) is 2. The summed E-state index contributed by atoms with van der Waals surface area (Å²) < 4.78 is 39.4. The van der Waals surface area contributed by atoms with Gasteiger partial charge in [-0.1, -0.05) is 6.07 Å². The molecule has 7 nitrogen and oxygen atoms in total. The highest BCUT2D eigenvalue weighted by Gasteiger charge is 2.34. The number of hydrogen-bond acceptors (Lipinski definition) is 6. The van der Waals surface area contributed by atoms with Crippen LogP contribution in [0.4, 0.5) is 0 Å². The van der Waals surface area contributed by atoms with Crippen molar-refractivity contribution in [3.63, 3.8) is 0 Å². The standard InChI is InChI=1S/C20H27N3O4S/c1-13-9-14(2)16(4)20(15(13)3)28(24,25)23-8-6-7-17(12-23)27-19-11-21-10-18(22-19)26-5/h9-11,17H,6-8,12H2,1-5H3. The number of aromatic nitrogens is 2. The van der Waals surface area contributed by atoms with Crippen LogP contribution in [0, 0.1) is 27.7 Å². The van der Waals surface area contributed by atoms with Gasteiger partial charge in [-0.05, 0) is 62.8 Å². The van der Waals surface area contributed by atoms with Crippen LogP contribution in [0.2, 0.25) is 0 Å². The summed E-state index contributed by atoms with van der Waals surface area (Å²) in [5, 5.41) is 0. The van der Waals surface area contributed by atoms with Crippen molar-refractivity contribution >= 4 is 10.0 Å². The molecule has 0 bridgehead atoms. The fourth-order valence-corrected chi connectivity index (χ4v) is 5.66. The maximum absolute atomic E-state index is 13.5. The first-order valence-corrected chi connectivity index (χ1v) is 10.8. The van der Waals surface area contributed by atoms with Crippen molar-refractivity contribution in [3.8, 4) is 11.8 Å². The third kappa shape index (κ3) is 3.98. The molecule has 1 aliphatic rings. The first-order chi connectivity index (χ1) is 13.2. The number of nitrogens with zero attached hydrogens (tertiary/aromatic N) is 3. The second-order valence-corrected chi connectivity index (χ2v) is 9.11. The van der Waals surface area contributed by atoms with Crippen LogP contribution in [0.1, 0.15) is 35.1 Å². The molecule has 152 valence electrons. The largest absolute Gasteiger partial charge is 0.480 e. The van der Waals surface area contributed by atoms with Gasteiger partial charge >= 0.3 is 0 Å². The Kier molecular flexibility index (Phi) is 5.90. The molecule has 0 amide bonds. The van der Waals surface area contributed by atoms with Crippen LogP contribution in [-0.2, 0) is 10.0 Å². The summed E-state index contributed by atoms with van der Waals surface area (Å²) in [5.74, 6) is 0.696. The third-order valence-electron chi connectivity index (χ3n) is 5.32. The van der Waals surface area contributed by atoms with Gasteiger partial charge in [-0.15, -0.1) is 0 Å². The summed E-state index contributed by atoms with van der Waals surface area (Å²) in [5.41, 5.74) is 3.59. The maximum atomic E-state index is 13.5. The van der Waals surface area contributed by atoms with Gasteiger partial charge in [-0.25, -0.2) is 8.42 Å². The van der Waals surface area contributed by atoms with Crippen molar-refractivity contribution < 1.29 is 17.9 Å². The molecule has 1 saturated heterocycles. The molecule has 0 aliphatic carbocycles. The molecule has 1 unspecified atom stereocenters. The van der Waals surface area contributed by atoms with Crippen LogP contribution in [0.25, 0.3) is 0 Å². The van der Waals surface area contributed by atoms with Crippen LogP contribution in [0.15, 0.2) is 23.4 Å². The predicted molar refractivity (Wildman–Crippen MR) is 106 cm³/mol. The van der Waals surface area contributed by atoms with E-state index in [0.717, 1.165) is 35.1 Å². The average molecular weight is 406 g/mol. The SMILES string of the molecule is COc1cncc(OC2CCCN(S(=O)(=O)c3c(C)c(C)cc(C)c3C)C2)n1. The molecule has 0 radical (unpaired) electrons. The Labute approximate surface area is 166 Å². The first kappa shape index (κ1) is 20.5. The number of sulfonamides is 1. The van der Waals surface area contributed by atoms with E-state index in [2.05, 4.69) is 9.97 Å². The van der Waals surface area contributed by atoms with Crippen LogP contribution < -0.4 is 9.47 Å². The molecule has 3 rings (SSSR count). The molecule has 1 aliphatic heterocycles. The molecule has 0 N–H and O–H groups in total. The minimum atomic E-state index is -3.61. The van der Waals surface area contributed by atoms with E-state index in [1.54, 1.807) is 0 Å². The zero-order valence-corrected chi connectivity index (χ0v) is 17.8. The average Bonchev–Trinajstić information content (AvgIpc) is 2.67. The minimum Gasteiger partial charge on any atom is -0.480 e. The third-order valence-corrected chi connectivity index (χ3v) is 7.46.